The molecule has 3 unspecified atom stereocenters. The first-order chi connectivity index (χ1) is 20.5. The van der Waals surface area contributed by atoms with E-state index in [9.17, 15) is 19.4 Å². The molecule has 3 atom stereocenters. The van der Waals surface area contributed by atoms with Gasteiger partial charge < -0.3 is 28.8 Å². The van der Waals surface area contributed by atoms with E-state index in [2.05, 4.69) is 31.3 Å². The highest BCUT2D eigenvalue weighted by Gasteiger charge is 2.23. The molecule has 0 aromatic rings. The van der Waals surface area contributed by atoms with Gasteiger partial charge in [-0.2, -0.15) is 0 Å². The smallest absolute Gasteiger partial charge is 0.268 e. The summed E-state index contributed by atoms with van der Waals surface area (Å²) < 4.78 is 22.8. The maximum absolute atomic E-state index is 12.6. The third-order valence-electron chi connectivity index (χ3n) is 7.41. The number of amides is 1. The van der Waals surface area contributed by atoms with Gasteiger partial charge in [-0.3, -0.25) is 9.36 Å². The summed E-state index contributed by atoms with van der Waals surface area (Å²) in [6, 6.07) is -0.880. The molecule has 0 aliphatic carbocycles. The van der Waals surface area contributed by atoms with E-state index in [0.717, 1.165) is 38.5 Å². The molecule has 0 aromatic heterocycles. The SMILES string of the molecule is CCCC/C=C/C(O)C(COP(=O)([O-])OCC[N+](C)(C)C)NC(=O)CCCCCCCCC/C=C\CCCCCCCC. The van der Waals surface area contributed by atoms with Gasteiger partial charge in [-0.25, -0.2) is 0 Å². The Hall–Kier alpha value is -1.02. The summed E-state index contributed by atoms with van der Waals surface area (Å²) >= 11 is 0. The van der Waals surface area contributed by atoms with Crippen molar-refractivity contribution < 1.29 is 32.9 Å². The number of rotatable bonds is 30. The van der Waals surface area contributed by atoms with E-state index in [0.29, 0.717) is 17.4 Å². The zero-order valence-corrected chi connectivity index (χ0v) is 29.3. The van der Waals surface area contributed by atoms with Crippen LogP contribution in [0.1, 0.15) is 136 Å². The Bertz CT molecular complexity index is 768. The summed E-state index contributed by atoms with van der Waals surface area (Å²) in [5.41, 5.74) is 0. The average Bonchev–Trinajstić information content (AvgIpc) is 2.94. The molecule has 254 valence electrons. The first-order valence-corrected chi connectivity index (χ1v) is 18.7. The van der Waals surface area contributed by atoms with Crippen LogP contribution in [-0.4, -0.2) is 68.5 Å². The van der Waals surface area contributed by atoms with E-state index in [1.165, 1.54) is 77.0 Å². The monoisotopic (exact) mass is 630 g/mol. The van der Waals surface area contributed by atoms with Crippen LogP contribution in [0.25, 0.3) is 0 Å². The fourth-order valence-electron chi connectivity index (χ4n) is 4.54. The molecule has 0 bridgehead atoms. The number of hydrogen-bond donors (Lipinski definition) is 2. The van der Waals surface area contributed by atoms with E-state index in [-0.39, 0.29) is 19.1 Å². The Kier molecular flexibility index (Phi) is 26.7. The number of allylic oxidation sites excluding steroid dienone is 3. The van der Waals surface area contributed by atoms with Crippen molar-refractivity contribution in [1.29, 1.82) is 0 Å². The number of likely N-dealkylation sites (N-methyl/N-ethyl adjacent to an activating group) is 1. The Morgan fingerprint density at radius 3 is 1.86 bits per heavy atom. The Labute approximate surface area is 264 Å². The van der Waals surface area contributed by atoms with Crippen LogP contribution < -0.4 is 10.2 Å². The highest BCUT2D eigenvalue weighted by Crippen LogP contribution is 2.38. The quantitative estimate of drug-likeness (QED) is 0.0366. The molecule has 43 heavy (non-hydrogen) atoms. The molecule has 1 amide bonds. The van der Waals surface area contributed by atoms with Gasteiger partial charge in [-0.05, 0) is 38.5 Å². The van der Waals surface area contributed by atoms with Gasteiger partial charge in [0.2, 0.25) is 5.91 Å². The molecule has 0 saturated carbocycles. The Morgan fingerprint density at radius 1 is 0.791 bits per heavy atom. The summed E-state index contributed by atoms with van der Waals surface area (Å²) in [6.45, 7) is 4.45. The predicted octanol–water partition coefficient (Wildman–Crippen LogP) is 7.60. The number of carbonyl (C=O) groups is 1. The number of quaternary nitrogens is 1. The van der Waals surface area contributed by atoms with Gasteiger partial charge in [-0.1, -0.05) is 115 Å². The van der Waals surface area contributed by atoms with Crippen LogP contribution in [0, 0.1) is 0 Å². The third-order valence-corrected chi connectivity index (χ3v) is 8.37. The van der Waals surface area contributed by atoms with E-state index in [1.54, 1.807) is 6.08 Å². The summed E-state index contributed by atoms with van der Waals surface area (Å²) in [5.74, 6) is -0.214. The van der Waals surface area contributed by atoms with E-state index in [4.69, 9.17) is 9.05 Å². The lowest BCUT2D eigenvalue weighted by Crippen LogP contribution is -2.45. The zero-order chi connectivity index (χ0) is 32.2. The number of aliphatic hydroxyl groups is 1. The van der Waals surface area contributed by atoms with Crippen LogP contribution in [0.15, 0.2) is 24.3 Å². The van der Waals surface area contributed by atoms with Crippen LogP contribution in [-0.2, 0) is 18.4 Å². The molecular weight excluding hydrogens is 563 g/mol. The van der Waals surface area contributed by atoms with Crippen molar-refractivity contribution in [2.24, 2.45) is 0 Å². The lowest BCUT2D eigenvalue weighted by molar-refractivity contribution is -0.870. The van der Waals surface area contributed by atoms with Crippen molar-refractivity contribution in [1.82, 2.24) is 5.32 Å². The van der Waals surface area contributed by atoms with E-state index in [1.807, 2.05) is 27.2 Å². The van der Waals surface area contributed by atoms with Crippen LogP contribution in [0.3, 0.4) is 0 Å². The summed E-state index contributed by atoms with van der Waals surface area (Å²) in [4.78, 5) is 24.8. The van der Waals surface area contributed by atoms with Gasteiger partial charge in [0.15, 0.2) is 0 Å². The molecule has 9 heteroatoms. The fraction of sp³-hybridized carbons (Fsp3) is 0.853. The van der Waals surface area contributed by atoms with Crippen molar-refractivity contribution in [3.05, 3.63) is 24.3 Å². The average molecular weight is 631 g/mol. The van der Waals surface area contributed by atoms with Crippen LogP contribution in [0.2, 0.25) is 0 Å². The number of unbranched alkanes of at least 4 members (excludes halogenated alkanes) is 15. The van der Waals surface area contributed by atoms with Gasteiger partial charge in [-0.15, -0.1) is 0 Å². The molecule has 0 aromatic carbocycles. The van der Waals surface area contributed by atoms with E-state index >= 15 is 0 Å². The standard InChI is InChI=1S/C34H67N2O6P/c1-6-8-10-12-13-14-15-16-17-18-19-20-21-22-23-24-26-28-34(38)35-32(33(37)27-25-11-9-7-2)31-42-43(39,40)41-30-29-36(3,4)5/h16-17,25,27,32-33,37H,6-15,18-24,26,28-31H2,1-5H3,(H-,35,38,39,40)/b17-16-,27-25+. The Morgan fingerprint density at radius 2 is 1.30 bits per heavy atom. The van der Waals surface area contributed by atoms with Crippen LogP contribution in [0.5, 0.6) is 0 Å². The number of phosphoric ester groups is 1. The number of aliphatic hydroxyl groups excluding tert-OH is 1. The molecule has 0 rings (SSSR count). The molecule has 0 fully saturated rings. The number of phosphoric acid groups is 1. The van der Waals surface area contributed by atoms with Crippen molar-refractivity contribution in [3.63, 3.8) is 0 Å². The molecule has 2 N–H and O–H groups in total. The molecule has 0 saturated heterocycles. The number of carbonyl (C=O) groups excluding carboxylic acids is 1. The fourth-order valence-corrected chi connectivity index (χ4v) is 5.26. The number of nitrogens with zero attached hydrogens (tertiary/aromatic N) is 1. The van der Waals surface area contributed by atoms with Gasteiger partial charge >= 0.3 is 0 Å². The zero-order valence-electron chi connectivity index (χ0n) is 28.4. The van der Waals surface area contributed by atoms with Gasteiger partial charge in [0.1, 0.15) is 13.2 Å². The van der Waals surface area contributed by atoms with Crippen molar-refractivity contribution in [2.75, 3.05) is 40.9 Å². The molecule has 0 heterocycles. The van der Waals surface area contributed by atoms with Gasteiger partial charge in [0.05, 0.1) is 39.9 Å². The van der Waals surface area contributed by atoms with Gasteiger partial charge in [0.25, 0.3) is 7.82 Å². The minimum Gasteiger partial charge on any atom is -0.756 e. The maximum atomic E-state index is 12.6. The second-order valence-electron chi connectivity index (χ2n) is 12.9. The predicted molar refractivity (Wildman–Crippen MR) is 178 cm³/mol. The summed E-state index contributed by atoms with van der Waals surface area (Å²) in [6.07, 6.45) is 28.5. The largest absolute Gasteiger partial charge is 0.756 e. The van der Waals surface area contributed by atoms with Crippen molar-refractivity contribution >= 4 is 13.7 Å². The van der Waals surface area contributed by atoms with E-state index < -0.39 is 20.0 Å². The molecule has 0 radical (unpaired) electrons. The second kappa shape index (κ2) is 27.3. The topological polar surface area (TPSA) is 108 Å². The molecular formula is C34H67N2O6P. The second-order valence-corrected chi connectivity index (χ2v) is 14.3. The number of hydrogen-bond acceptors (Lipinski definition) is 6. The molecule has 0 spiro atoms. The lowest BCUT2D eigenvalue weighted by atomic mass is 10.1. The van der Waals surface area contributed by atoms with Crippen molar-refractivity contribution in [3.8, 4) is 0 Å². The number of nitrogens with one attached hydrogen (secondary N) is 1. The maximum Gasteiger partial charge on any atom is 0.268 e. The highest BCUT2D eigenvalue weighted by molar-refractivity contribution is 7.45. The highest BCUT2D eigenvalue weighted by atomic mass is 31.2. The van der Waals surface area contributed by atoms with Crippen LogP contribution >= 0.6 is 7.82 Å². The van der Waals surface area contributed by atoms with Crippen molar-refractivity contribution in [2.45, 2.75) is 148 Å². The molecule has 8 nitrogen and oxygen atoms in total. The molecule has 0 aliphatic heterocycles. The minimum atomic E-state index is -4.56. The Balaban J connectivity index is 4.25. The lowest BCUT2D eigenvalue weighted by Gasteiger charge is -2.29. The third kappa shape index (κ3) is 29.5. The molecule has 0 aliphatic rings. The summed E-state index contributed by atoms with van der Waals surface area (Å²) in [7, 11) is 1.25. The van der Waals surface area contributed by atoms with Crippen LogP contribution in [0.4, 0.5) is 0 Å². The minimum absolute atomic E-state index is 0.00284. The first-order valence-electron chi connectivity index (χ1n) is 17.2. The normalized spacial score (nSPS) is 15.2. The summed E-state index contributed by atoms with van der Waals surface area (Å²) in [5, 5.41) is 13.4. The first kappa shape index (κ1) is 42.0. The van der Waals surface area contributed by atoms with Gasteiger partial charge in [0, 0.05) is 6.42 Å².